The first-order valence-corrected chi connectivity index (χ1v) is 17.4. The fourth-order valence-electron chi connectivity index (χ4n) is 6.97. The minimum Gasteiger partial charge on any atom is -0.497 e. The smallest absolute Gasteiger partial charge is 0.408 e. The number of hydrogen-bond donors (Lipinski definition) is 1. The van der Waals surface area contributed by atoms with E-state index >= 15 is 0 Å². The summed E-state index contributed by atoms with van der Waals surface area (Å²) >= 11 is 0. The van der Waals surface area contributed by atoms with Crippen molar-refractivity contribution in [2.45, 2.75) is 97.9 Å². The minimum absolute atomic E-state index is 0.0133. The van der Waals surface area contributed by atoms with Crippen LogP contribution in [0.2, 0.25) is 0 Å². The fraction of sp³-hybridized carbons (Fsp3) is 0.605. The number of esters is 1. The molecule has 0 radical (unpaired) electrons. The molecule has 3 heterocycles. The quantitative estimate of drug-likeness (QED) is 0.316. The van der Waals surface area contributed by atoms with Crippen molar-refractivity contribution in [3.8, 4) is 24.0 Å². The van der Waals surface area contributed by atoms with Gasteiger partial charge in [0.15, 0.2) is 0 Å². The Kier molecular flexibility index (Phi) is 11.1. The van der Waals surface area contributed by atoms with Crippen LogP contribution < -0.4 is 14.8 Å². The number of carbonyl (C=O) groups excluding carboxylic acids is 3. The third kappa shape index (κ3) is 8.28. The maximum atomic E-state index is 14.5. The average Bonchev–Trinajstić information content (AvgIpc) is 3.60. The Hall–Kier alpha value is -4.33. The van der Waals surface area contributed by atoms with Gasteiger partial charge in [-0.25, -0.2) is 19.6 Å². The lowest BCUT2D eigenvalue weighted by Crippen LogP contribution is -2.57. The number of rotatable bonds is 4. The van der Waals surface area contributed by atoms with Crippen LogP contribution in [0.15, 0.2) is 24.3 Å². The van der Waals surface area contributed by atoms with Gasteiger partial charge in [0.1, 0.15) is 35.7 Å². The number of carbonyl (C=O) groups is 3. The topological polar surface area (TPSA) is 129 Å². The average molecular weight is 675 g/mol. The molecule has 2 aromatic rings. The van der Waals surface area contributed by atoms with E-state index in [0.29, 0.717) is 34.8 Å². The Balaban J connectivity index is 1.57. The molecule has 0 spiro atoms. The number of alkyl carbamates (subject to hydrolysis) is 1. The second-order valence-electron chi connectivity index (χ2n) is 15.1. The molecule has 11 nitrogen and oxygen atoms in total. The summed E-state index contributed by atoms with van der Waals surface area (Å²) < 4.78 is 23.7. The summed E-state index contributed by atoms with van der Waals surface area (Å²) in [6, 6.07) is 3.52. The van der Waals surface area contributed by atoms with Crippen LogP contribution in [0.3, 0.4) is 0 Å². The Morgan fingerprint density at radius 3 is 2.61 bits per heavy atom. The van der Waals surface area contributed by atoms with Crippen molar-refractivity contribution in [3.05, 3.63) is 30.0 Å². The number of terminal acetylenes is 1. The normalized spacial score (nSPS) is 28.6. The van der Waals surface area contributed by atoms with Crippen LogP contribution in [0.25, 0.3) is 17.1 Å². The number of benzene rings is 1. The van der Waals surface area contributed by atoms with E-state index in [0.717, 1.165) is 25.7 Å². The second kappa shape index (κ2) is 15.1. The minimum atomic E-state index is -1.00. The molecule has 1 saturated heterocycles. The van der Waals surface area contributed by atoms with Gasteiger partial charge < -0.3 is 29.2 Å². The molecule has 1 aromatic carbocycles. The first-order valence-electron chi connectivity index (χ1n) is 17.4. The zero-order valence-corrected chi connectivity index (χ0v) is 29.7. The van der Waals surface area contributed by atoms with E-state index in [-0.39, 0.29) is 37.0 Å². The van der Waals surface area contributed by atoms with E-state index in [2.05, 4.69) is 11.2 Å². The van der Waals surface area contributed by atoms with Crippen molar-refractivity contribution < 1.29 is 33.3 Å². The number of amides is 2. The number of aromatic nitrogens is 2. The van der Waals surface area contributed by atoms with Gasteiger partial charge in [-0.15, -0.1) is 12.3 Å². The molecule has 0 unspecified atom stereocenters. The summed E-state index contributed by atoms with van der Waals surface area (Å²) in [5.74, 6) is 2.56. The molecule has 1 aromatic heterocycles. The SMILES string of the molecule is C#C[C@@H]1C[C@H]2CCC/C=C/c3nc4ccc(OC)cc4nc3O[C@H]3CN(C(=O)[C@H](C(C)(C)C)NC(=O)O[C@@H]2C1)[C@H](C(=O)OCC(C)C)[C@@H]3C. The van der Waals surface area contributed by atoms with Crippen molar-refractivity contribution in [3.63, 3.8) is 0 Å². The number of fused-ring (bicyclic) bond motifs is 5. The lowest BCUT2D eigenvalue weighted by molar-refractivity contribution is -0.156. The summed E-state index contributed by atoms with van der Waals surface area (Å²) in [4.78, 5) is 52.9. The molecule has 2 fully saturated rings. The third-order valence-corrected chi connectivity index (χ3v) is 9.73. The molecule has 2 bridgehead atoms. The highest BCUT2D eigenvalue weighted by Crippen LogP contribution is 2.38. The predicted molar refractivity (Wildman–Crippen MR) is 186 cm³/mol. The lowest BCUT2D eigenvalue weighted by Gasteiger charge is -2.35. The van der Waals surface area contributed by atoms with E-state index in [9.17, 15) is 14.4 Å². The summed E-state index contributed by atoms with van der Waals surface area (Å²) in [7, 11) is 1.59. The number of methoxy groups -OCH3 is 1. The van der Waals surface area contributed by atoms with Gasteiger partial charge in [-0.1, -0.05) is 47.6 Å². The lowest BCUT2D eigenvalue weighted by atomic mass is 9.85. The van der Waals surface area contributed by atoms with Crippen LogP contribution in [-0.4, -0.2) is 77.4 Å². The monoisotopic (exact) mass is 674 g/mol. The molecule has 49 heavy (non-hydrogen) atoms. The Morgan fingerprint density at radius 1 is 1.14 bits per heavy atom. The highest BCUT2D eigenvalue weighted by Gasteiger charge is 2.51. The molecule has 1 aliphatic carbocycles. The molecule has 2 aliphatic heterocycles. The molecule has 2 amide bonds. The molecular weight excluding hydrogens is 624 g/mol. The zero-order chi connectivity index (χ0) is 35.5. The summed E-state index contributed by atoms with van der Waals surface area (Å²) in [6.45, 7) is 11.6. The first kappa shape index (κ1) is 36.0. The number of nitrogens with zero attached hydrogens (tertiary/aromatic N) is 3. The van der Waals surface area contributed by atoms with Crippen LogP contribution in [-0.2, 0) is 19.1 Å². The third-order valence-electron chi connectivity index (χ3n) is 9.73. The number of hydrogen-bond acceptors (Lipinski definition) is 9. The van der Waals surface area contributed by atoms with Gasteiger partial charge >= 0.3 is 12.1 Å². The van der Waals surface area contributed by atoms with E-state index < -0.39 is 47.5 Å². The van der Waals surface area contributed by atoms with Crippen molar-refractivity contribution >= 4 is 35.1 Å². The van der Waals surface area contributed by atoms with E-state index in [1.54, 1.807) is 13.2 Å². The molecule has 3 aliphatic rings. The Morgan fingerprint density at radius 2 is 1.92 bits per heavy atom. The van der Waals surface area contributed by atoms with E-state index in [1.807, 2.05) is 65.8 Å². The summed E-state index contributed by atoms with van der Waals surface area (Å²) in [5.41, 5.74) is 1.09. The highest BCUT2D eigenvalue weighted by molar-refractivity contribution is 5.91. The molecular formula is C38H50N4O7. The molecule has 5 rings (SSSR count). The van der Waals surface area contributed by atoms with Gasteiger partial charge in [0, 0.05) is 17.9 Å². The molecule has 1 N–H and O–H groups in total. The van der Waals surface area contributed by atoms with Gasteiger partial charge in [0.2, 0.25) is 11.8 Å². The van der Waals surface area contributed by atoms with Crippen molar-refractivity contribution in [1.82, 2.24) is 20.2 Å². The second-order valence-corrected chi connectivity index (χ2v) is 15.1. The predicted octanol–water partition coefficient (Wildman–Crippen LogP) is 5.80. The zero-order valence-electron chi connectivity index (χ0n) is 29.7. The summed E-state index contributed by atoms with van der Waals surface area (Å²) in [6.07, 6.45) is 11.9. The van der Waals surface area contributed by atoms with E-state index in [1.165, 1.54) is 4.90 Å². The molecule has 1 saturated carbocycles. The van der Waals surface area contributed by atoms with Crippen LogP contribution in [0, 0.1) is 41.4 Å². The molecule has 7 atom stereocenters. The fourth-order valence-corrected chi connectivity index (χ4v) is 6.97. The highest BCUT2D eigenvalue weighted by atomic mass is 16.6. The molecule has 264 valence electrons. The maximum Gasteiger partial charge on any atom is 0.408 e. The summed E-state index contributed by atoms with van der Waals surface area (Å²) in [5, 5.41) is 2.87. The largest absolute Gasteiger partial charge is 0.497 e. The van der Waals surface area contributed by atoms with Crippen LogP contribution in [0.4, 0.5) is 4.79 Å². The van der Waals surface area contributed by atoms with Crippen LogP contribution >= 0.6 is 0 Å². The van der Waals surface area contributed by atoms with E-state index in [4.69, 9.17) is 35.3 Å². The maximum absolute atomic E-state index is 14.5. The van der Waals surface area contributed by atoms with Gasteiger partial charge in [-0.05, 0) is 67.6 Å². The van der Waals surface area contributed by atoms with Crippen molar-refractivity contribution in [2.75, 3.05) is 20.3 Å². The number of allylic oxidation sites excluding steroid dienone is 1. The first-order chi connectivity index (χ1) is 23.3. The van der Waals surface area contributed by atoms with Crippen LogP contribution in [0.1, 0.15) is 79.3 Å². The number of ether oxygens (including phenoxy) is 4. The Bertz CT molecular complexity index is 1610. The van der Waals surface area contributed by atoms with Gasteiger partial charge in [0.25, 0.3) is 0 Å². The van der Waals surface area contributed by atoms with Gasteiger partial charge in [-0.3, -0.25) is 4.79 Å². The standard InChI is InChI=1S/C38H50N4O7/c1-9-24-17-25-13-11-10-12-14-28-34(40-29-19-26(46-8)15-16-27(29)39-28)48-31-20-42(32(23(31)4)36(44)47-21-22(2)3)35(43)33(38(5,6)7)41-37(45)49-30(25)18-24/h1,12,14-16,19,22-25,30-33H,10-11,13,17-18,20-21H2,2-8H3,(H,41,45)/b14-12+/t23-,24-,25-,30-,31+,32+,33-/m1/s1. The number of nitrogens with one attached hydrogen (secondary N) is 1. The Labute approximate surface area is 289 Å². The van der Waals surface area contributed by atoms with Crippen molar-refractivity contribution in [2.24, 2.45) is 29.1 Å². The van der Waals surface area contributed by atoms with Gasteiger partial charge in [-0.2, -0.15) is 0 Å². The van der Waals surface area contributed by atoms with Gasteiger partial charge in [0.05, 0.1) is 31.3 Å². The molecule has 11 heteroatoms. The van der Waals surface area contributed by atoms with Crippen molar-refractivity contribution in [1.29, 1.82) is 0 Å². The van der Waals surface area contributed by atoms with Crippen LogP contribution in [0.5, 0.6) is 11.6 Å².